The molecule has 0 bridgehead atoms. The minimum absolute atomic E-state index is 0.0555. The lowest BCUT2D eigenvalue weighted by Gasteiger charge is -2.35. The van der Waals surface area contributed by atoms with Gasteiger partial charge in [0.2, 0.25) is 15.9 Å². The van der Waals surface area contributed by atoms with Crippen LogP contribution in [-0.2, 0) is 14.8 Å². The number of amides is 1. The van der Waals surface area contributed by atoms with Gasteiger partial charge in [-0.2, -0.15) is 0 Å². The lowest BCUT2D eigenvalue weighted by atomic mass is 10.0. The van der Waals surface area contributed by atoms with Gasteiger partial charge in [0.1, 0.15) is 5.75 Å². The van der Waals surface area contributed by atoms with E-state index in [1.165, 1.54) is 18.6 Å². The third kappa shape index (κ3) is 6.78. The SMILES string of the molecule is COc1ccc([C@H](CNC(=O)CCNS(=O)(=O)c2ccccc2)N2CCCCC2)cc1. The minimum atomic E-state index is -3.60. The zero-order valence-corrected chi connectivity index (χ0v) is 18.7. The summed E-state index contributed by atoms with van der Waals surface area (Å²) in [5.74, 6) is 0.627. The Bertz CT molecular complexity index is 927. The average Bonchev–Trinajstić information content (AvgIpc) is 2.81. The molecule has 2 aromatic rings. The van der Waals surface area contributed by atoms with E-state index < -0.39 is 10.0 Å². The maximum absolute atomic E-state index is 12.4. The number of hydrogen-bond acceptors (Lipinski definition) is 5. The van der Waals surface area contributed by atoms with Gasteiger partial charge in [-0.25, -0.2) is 13.1 Å². The van der Waals surface area contributed by atoms with Gasteiger partial charge < -0.3 is 10.1 Å². The Balaban J connectivity index is 1.54. The van der Waals surface area contributed by atoms with Crippen molar-refractivity contribution in [3.05, 3.63) is 60.2 Å². The minimum Gasteiger partial charge on any atom is -0.497 e. The van der Waals surface area contributed by atoms with Crippen molar-refractivity contribution in [2.45, 2.75) is 36.6 Å². The van der Waals surface area contributed by atoms with Gasteiger partial charge in [0.25, 0.3) is 0 Å². The summed E-state index contributed by atoms with van der Waals surface area (Å²) in [6.45, 7) is 2.55. The molecule has 1 fully saturated rings. The van der Waals surface area contributed by atoms with Crippen LogP contribution in [0, 0.1) is 0 Å². The molecule has 1 saturated heterocycles. The molecule has 7 nitrogen and oxygen atoms in total. The maximum atomic E-state index is 12.4. The van der Waals surface area contributed by atoms with E-state index in [9.17, 15) is 13.2 Å². The zero-order chi connectivity index (χ0) is 22.1. The summed E-state index contributed by atoms with van der Waals surface area (Å²) in [6.07, 6.45) is 3.63. The second kappa shape index (κ2) is 11.3. The number of carbonyl (C=O) groups is 1. The lowest BCUT2D eigenvalue weighted by Crippen LogP contribution is -2.41. The number of sulfonamides is 1. The van der Waals surface area contributed by atoms with Crippen LogP contribution in [0.15, 0.2) is 59.5 Å². The van der Waals surface area contributed by atoms with E-state index in [-0.39, 0.29) is 29.8 Å². The largest absolute Gasteiger partial charge is 0.497 e. The highest BCUT2D eigenvalue weighted by Crippen LogP contribution is 2.25. The molecule has 8 heteroatoms. The van der Waals surface area contributed by atoms with Gasteiger partial charge in [-0.15, -0.1) is 0 Å². The Morgan fingerprint density at radius 1 is 1.03 bits per heavy atom. The summed E-state index contributed by atoms with van der Waals surface area (Å²) in [5, 5.41) is 2.99. The number of likely N-dealkylation sites (tertiary alicyclic amines) is 1. The third-order valence-electron chi connectivity index (χ3n) is 5.52. The first-order chi connectivity index (χ1) is 15.0. The van der Waals surface area contributed by atoms with Gasteiger partial charge in [0, 0.05) is 19.5 Å². The fourth-order valence-corrected chi connectivity index (χ4v) is 4.85. The first kappa shape index (κ1) is 23.2. The summed E-state index contributed by atoms with van der Waals surface area (Å²) >= 11 is 0. The second-order valence-electron chi connectivity index (χ2n) is 7.65. The Morgan fingerprint density at radius 3 is 2.35 bits per heavy atom. The van der Waals surface area contributed by atoms with Gasteiger partial charge in [-0.05, 0) is 55.8 Å². The molecule has 31 heavy (non-hydrogen) atoms. The molecule has 0 spiro atoms. The van der Waals surface area contributed by atoms with E-state index in [1.807, 2.05) is 24.3 Å². The van der Waals surface area contributed by atoms with Crippen LogP contribution in [0.2, 0.25) is 0 Å². The number of benzene rings is 2. The van der Waals surface area contributed by atoms with Crippen LogP contribution >= 0.6 is 0 Å². The Labute approximate surface area is 184 Å². The van der Waals surface area contributed by atoms with Gasteiger partial charge in [-0.3, -0.25) is 9.69 Å². The molecule has 1 heterocycles. The first-order valence-electron chi connectivity index (χ1n) is 10.7. The normalized spacial score (nSPS) is 15.9. The maximum Gasteiger partial charge on any atom is 0.240 e. The van der Waals surface area contributed by atoms with Crippen LogP contribution in [-0.4, -0.2) is 52.5 Å². The quantitative estimate of drug-likeness (QED) is 0.587. The summed E-state index contributed by atoms with van der Waals surface area (Å²) < 4.78 is 32.3. The first-order valence-corrected chi connectivity index (χ1v) is 12.2. The van der Waals surface area contributed by atoms with E-state index in [2.05, 4.69) is 14.9 Å². The van der Waals surface area contributed by atoms with Crippen LogP contribution in [0.4, 0.5) is 0 Å². The summed E-state index contributed by atoms with van der Waals surface area (Å²) in [7, 11) is -1.96. The second-order valence-corrected chi connectivity index (χ2v) is 9.42. The van der Waals surface area contributed by atoms with Crippen molar-refractivity contribution in [3.63, 3.8) is 0 Å². The molecule has 1 aliphatic heterocycles. The van der Waals surface area contributed by atoms with Crippen LogP contribution in [0.25, 0.3) is 0 Å². The smallest absolute Gasteiger partial charge is 0.240 e. The molecule has 1 aliphatic rings. The monoisotopic (exact) mass is 445 g/mol. The topological polar surface area (TPSA) is 87.7 Å². The molecule has 2 aromatic carbocycles. The number of carbonyl (C=O) groups excluding carboxylic acids is 1. The van der Waals surface area contributed by atoms with E-state index in [4.69, 9.17) is 4.74 Å². The average molecular weight is 446 g/mol. The van der Waals surface area contributed by atoms with Crippen molar-refractivity contribution < 1.29 is 17.9 Å². The highest BCUT2D eigenvalue weighted by atomic mass is 32.2. The Kier molecular flexibility index (Phi) is 8.45. The molecule has 3 rings (SSSR count). The Hall–Kier alpha value is -2.42. The lowest BCUT2D eigenvalue weighted by molar-refractivity contribution is -0.121. The van der Waals surface area contributed by atoms with Crippen molar-refractivity contribution in [3.8, 4) is 5.75 Å². The summed E-state index contributed by atoms with van der Waals surface area (Å²) in [4.78, 5) is 15.0. The number of hydrogen-bond donors (Lipinski definition) is 2. The van der Waals surface area contributed by atoms with Crippen LogP contribution in [0.3, 0.4) is 0 Å². The fraction of sp³-hybridized carbons (Fsp3) is 0.435. The molecular formula is C23H31N3O4S. The van der Waals surface area contributed by atoms with E-state index in [0.29, 0.717) is 6.54 Å². The van der Waals surface area contributed by atoms with Gasteiger partial charge in [0.15, 0.2) is 0 Å². The van der Waals surface area contributed by atoms with E-state index >= 15 is 0 Å². The number of ether oxygens (including phenoxy) is 1. The molecule has 0 unspecified atom stereocenters. The van der Waals surface area contributed by atoms with Crippen molar-refractivity contribution in [1.29, 1.82) is 0 Å². The summed E-state index contributed by atoms with van der Waals surface area (Å²) in [6, 6.07) is 16.2. The predicted octanol–water partition coefficient (Wildman–Crippen LogP) is 2.71. The molecular weight excluding hydrogens is 414 g/mol. The van der Waals surface area contributed by atoms with Crippen LogP contribution in [0.1, 0.15) is 37.3 Å². The molecule has 0 saturated carbocycles. The number of nitrogens with one attached hydrogen (secondary N) is 2. The van der Waals surface area contributed by atoms with Gasteiger partial charge >= 0.3 is 0 Å². The molecule has 1 atom stereocenters. The van der Waals surface area contributed by atoms with Crippen molar-refractivity contribution in [2.24, 2.45) is 0 Å². The summed E-state index contributed by atoms with van der Waals surface area (Å²) in [5.41, 5.74) is 1.13. The highest BCUT2D eigenvalue weighted by molar-refractivity contribution is 7.89. The molecule has 1 amide bonds. The van der Waals surface area contributed by atoms with E-state index in [1.54, 1.807) is 25.3 Å². The van der Waals surface area contributed by atoms with Gasteiger partial charge in [-0.1, -0.05) is 36.8 Å². The highest BCUT2D eigenvalue weighted by Gasteiger charge is 2.23. The molecule has 0 aliphatic carbocycles. The standard InChI is InChI=1S/C23H31N3O4S/c1-30-20-12-10-19(11-13-20)22(26-16-6-3-7-17-26)18-24-23(27)14-15-25-31(28,29)21-8-4-2-5-9-21/h2,4-5,8-13,22,25H,3,6-7,14-18H2,1H3,(H,24,27)/t22-/m0/s1. The van der Waals surface area contributed by atoms with Crippen molar-refractivity contribution in [2.75, 3.05) is 33.3 Å². The zero-order valence-electron chi connectivity index (χ0n) is 17.9. The molecule has 0 radical (unpaired) electrons. The number of rotatable bonds is 10. The predicted molar refractivity (Wildman–Crippen MR) is 120 cm³/mol. The van der Waals surface area contributed by atoms with E-state index in [0.717, 1.165) is 37.2 Å². The van der Waals surface area contributed by atoms with Crippen LogP contribution < -0.4 is 14.8 Å². The molecule has 168 valence electrons. The third-order valence-corrected chi connectivity index (χ3v) is 7.00. The number of nitrogens with zero attached hydrogens (tertiary/aromatic N) is 1. The molecule has 0 aromatic heterocycles. The number of methoxy groups -OCH3 is 1. The van der Waals surface area contributed by atoms with Crippen molar-refractivity contribution >= 4 is 15.9 Å². The van der Waals surface area contributed by atoms with Crippen molar-refractivity contribution in [1.82, 2.24) is 14.9 Å². The van der Waals surface area contributed by atoms with Crippen LogP contribution in [0.5, 0.6) is 5.75 Å². The Morgan fingerprint density at radius 2 is 1.71 bits per heavy atom. The number of piperidine rings is 1. The molecule has 2 N–H and O–H groups in total. The fourth-order valence-electron chi connectivity index (χ4n) is 3.79. The van der Waals surface area contributed by atoms with Gasteiger partial charge in [0.05, 0.1) is 18.0 Å².